The molecule has 10 heteroatoms. The predicted octanol–water partition coefficient (Wildman–Crippen LogP) is 7.96. The van der Waals surface area contributed by atoms with E-state index in [1.807, 2.05) is 25.1 Å². The van der Waals surface area contributed by atoms with Crippen LogP contribution in [-0.2, 0) is 5.88 Å². The minimum Gasteiger partial charge on any atom is -0.406 e. The Morgan fingerprint density at radius 3 is 2.41 bits per heavy atom. The number of nitrogens with one attached hydrogen (secondary N) is 2. The topological polar surface area (TPSA) is 76.1 Å². The number of rotatable bonds is 8. The highest BCUT2D eigenvalue weighted by atomic mass is 35.5. The van der Waals surface area contributed by atoms with Gasteiger partial charge < -0.3 is 15.4 Å². The van der Waals surface area contributed by atoms with Crippen molar-refractivity contribution in [3.63, 3.8) is 0 Å². The van der Waals surface area contributed by atoms with E-state index in [1.54, 1.807) is 42.6 Å². The fourth-order valence-corrected chi connectivity index (χ4v) is 4.27. The van der Waals surface area contributed by atoms with Gasteiger partial charge in [-0.3, -0.25) is 4.79 Å². The summed E-state index contributed by atoms with van der Waals surface area (Å²) in [5.41, 5.74) is 5.96. The Morgan fingerprint density at radius 2 is 1.77 bits per heavy atom. The van der Waals surface area contributed by atoms with Gasteiger partial charge in [-0.25, -0.2) is 9.97 Å². The number of ether oxygens (including phenoxy) is 1. The predicted molar refractivity (Wildman–Crippen MR) is 145 cm³/mol. The molecular formula is C29H24ClF3N4O2. The number of hydrogen-bond acceptors (Lipinski definition) is 5. The van der Waals surface area contributed by atoms with Gasteiger partial charge in [-0.1, -0.05) is 12.1 Å². The van der Waals surface area contributed by atoms with Crippen LogP contribution in [0.25, 0.3) is 11.3 Å². The molecule has 1 amide bonds. The highest BCUT2D eigenvalue weighted by molar-refractivity contribution is 6.17. The molecule has 1 saturated carbocycles. The van der Waals surface area contributed by atoms with Gasteiger partial charge in [-0.15, -0.1) is 24.8 Å². The van der Waals surface area contributed by atoms with E-state index in [9.17, 15) is 18.0 Å². The maximum atomic E-state index is 12.8. The van der Waals surface area contributed by atoms with E-state index in [2.05, 4.69) is 25.3 Å². The summed E-state index contributed by atoms with van der Waals surface area (Å²) in [5.74, 6) is 0.467. The fraction of sp³-hybridized carbons (Fsp3) is 0.207. The molecule has 0 bridgehead atoms. The van der Waals surface area contributed by atoms with Crippen molar-refractivity contribution in [1.29, 1.82) is 0 Å². The maximum Gasteiger partial charge on any atom is 0.573 e. The van der Waals surface area contributed by atoms with Gasteiger partial charge in [0.1, 0.15) is 5.75 Å². The second kappa shape index (κ2) is 10.9. The van der Waals surface area contributed by atoms with Gasteiger partial charge in [0.2, 0.25) is 5.95 Å². The lowest BCUT2D eigenvalue weighted by Crippen LogP contribution is -2.16. The molecule has 39 heavy (non-hydrogen) atoms. The first-order chi connectivity index (χ1) is 18.7. The number of benzene rings is 3. The Bertz CT molecular complexity index is 1490. The third kappa shape index (κ3) is 6.67. The minimum atomic E-state index is -4.75. The number of aryl methyl sites for hydroxylation is 1. The van der Waals surface area contributed by atoms with E-state index in [-0.39, 0.29) is 11.7 Å². The molecule has 0 saturated heterocycles. The van der Waals surface area contributed by atoms with Crippen LogP contribution in [0.5, 0.6) is 5.75 Å². The van der Waals surface area contributed by atoms with E-state index in [0.29, 0.717) is 45.9 Å². The van der Waals surface area contributed by atoms with Crippen molar-refractivity contribution in [1.82, 2.24) is 9.97 Å². The Kier molecular flexibility index (Phi) is 7.43. The summed E-state index contributed by atoms with van der Waals surface area (Å²) < 4.78 is 41.6. The number of carbonyl (C=O) groups excluding carboxylic acids is 1. The van der Waals surface area contributed by atoms with Gasteiger partial charge in [0, 0.05) is 40.1 Å². The molecule has 4 aromatic rings. The lowest BCUT2D eigenvalue weighted by Gasteiger charge is -2.13. The number of nitrogens with zero attached hydrogens (tertiary/aromatic N) is 2. The number of carbonyl (C=O) groups is 1. The zero-order valence-corrected chi connectivity index (χ0v) is 21.6. The second-order valence-electron chi connectivity index (χ2n) is 9.28. The Balaban J connectivity index is 1.32. The van der Waals surface area contributed by atoms with Gasteiger partial charge in [0.05, 0.1) is 5.69 Å². The lowest BCUT2D eigenvalue weighted by molar-refractivity contribution is -0.274. The largest absolute Gasteiger partial charge is 0.573 e. The van der Waals surface area contributed by atoms with Crippen LogP contribution in [0, 0.1) is 6.92 Å². The van der Waals surface area contributed by atoms with Gasteiger partial charge in [-0.05, 0) is 91.4 Å². The van der Waals surface area contributed by atoms with E-state index in [0.717, 1.165) is 29.5 Å². The molecule has 0 radical (unpaired) electrons. The van der Waals surface area contributed by atoms with E-state index < -0.39 is 6.36 Å². The van der Waals surface area contributed by atoms with Gasteiger partial charge >= 0.3 is 6.36 Å². The second-order valence-corrected chi connectivity index (χ2v) is 9.55. The molecule has 2 N–H and O–H groups in total. The average molecular weight is 553 g/mol. The molecule has 1 fully saturated rings. The summed E-state index contributed by atoms with van der Waals surface area (Å²) in [4.78, 5) is 21.9. The number of amides is 1. The Hall–Kier alpha value is -4.11. The van der Waals surface area contributed by atoms with Gasteiger partial charge in [0.25, 0.3) is 5.91 Å². The summed E-state index contributed by atoms with van der Waals surface area (Å²) in [7, 11) is 0. The minimum absolute atomic E-state index is 0.248. The molecule has 6 nitrogen and oxygen atoms in total. The molecule has 1 aromatic heterocycles. The van der Waals surface area contributed by atoms with Crippen LogP contribution < -0.4 is 15.4 Å². The fourth-order valence-electron chi connectivity index (χ4n) is 4.11. The van der Waals surface area contributed by atoms with Gasteiger partial charge in [-0.2, -0.15) is 0 Å². The Labute approximate surface area is 228 Å². The number of anilines is 3. The normalized spacial score (nSPS) is 13.2. The summed E-state index contributed by atoms with van der Waals surface area (Å²) in [6.45, 7) is 1.91. The van der Waals surface area contributed by atoms with Crippen LogP contribution in [0.1, 0.15) is 45.8 Å². The SMILES string of the molecule is Cc1ccc(CCl)cc1NC(=O)c1ccc(Nc2ncc(C3CC3)c(-c3ccc(OC(F)(F)F)cc3)n2)cc1. The first kappa shape index (κ1) is 26.5. The Morgan fingerprint density at radius 1 is 1.05 bits per heavy atom. The summed E-state index contributed by atoms with van der Waals surface area (Å²) in [6, 6.07) is 18.2. The molecule has 0 aliphatic heterocycles. The number of halogens is 4. The van der Waals surface area contributed by atoms with Crippen molar-refractivity contribution < 1.29 is 22.7 Å². The van der Waals surface area contributed by atoms with E-state index in [4.69, 9.17) is 11.6 Å². The van der Waals surface area contributed by atoms with Crippen LogP contribution in [-0.4, -0.2) is 22.2 Å². The van der Waals surface area contributed by atoms with Gasteiger partial charge in [0.15, 0.2) is 0 Å². The summed E-state index contributed by atoms with van der Waals surface area (Å²) >= 11 is 5.92. The lowest BCUT2D eigenvalue weighted by atomic mass is 10.0. The molecule has 1 aliphatic rings. The third-order valence-electron chi connectivity index (χ3n) is 6.30. The van der Waals surface area contributed by atoms with Crippen LogP contribution in [0.3, 0.4) is 0 Å². The summed E-state index contributed by atoms with van der Waals surface area (Å²) in [6.07, 6.45) is -0.978. The van der Waals surface area contributed by atoms with Crippen molar-refractivity contribution >= 4 is 34.8 Å². The number of alkyl halides is 4. The zero-order valence-electron chi connectivity index (χ0n) is 20.8. The van der Waals surface area contributed by atoms with Crippen molar-refractivity contribution in [2.24, 2.45) is 0 Å². The molecule has 1 aliphatic carbocycles. The third-order valence-corrected chi connectivity index (χ3v) is 6.61. The van der Waals surface area contributed by atoms with Crippen molar-refractivity contribution in [2.45, 2.75) is 37.9 Å². The summed E-state index contributed by atoms with van der Waals surface area (Å²) in [5, 5.41) is 6.06. The van der Waals surface area contributed by atoms with Crippen molar-refractivity contribution in [3.8, 4) is 17.0 Å². The van der Waals surface area contributed by atoms with Crippen LogP contribution in [0.4, 0.5) is 30.5 Å². The van der Waals surface area contributed by atoms with Crippen molar-refractivity contribution in [2.75, 3.05) is 10.6 Å². The highest BCUT2D eigenvalue weighted by Gasteiger charge is 2.31. The smallest absolute Gasteiger partial charge is 0.406 e. The molecule has 0 atom stereocenters. The molecule has 5 rings (SSSR count). The monoisotopic (exact) mass is 552 g/mol. The molecule has 1 heterocycles. The first-order valence-corrected chi connectivity index (χ1v) is 12.8. The molecule has 3 aromatic carbocycles. The van der Waals surface area contributed by atoms with E-state index in [1.165, 1.54) is 12.1 Å². The zero-order chi connectivity index (χ0) is 27.6. The van der Waals surface area contributed by atoms with Crippen LogP contribution >= 0.6 is 11.6 Å². The molecular weight excluding hydrogens is 529 g/mol. The number of aromatic nitrogens is 2. The molecule has 0 unspecified atom stereocenters. The molecule has 0 spiro atoms. The van der Waals surface area contributed by atoms with Crippen molar-refractivity contribution in [3.05, 3.63) is 95.2 Å². The van der Waals surface area contributed by atoms with E-state index >= 15 is 0 Å². The standard InChI is InChI=1S/C29H24ClF3N4O2/c1-17-2-3-18(15-30)14-25(17)36-27(38)21-6-10-22(11-7-21)35-28-34-16-24(19-4-5-19)26(37-28)20-8-12-23(13-9-20)39-29(31,32)33/h2-3,6-14,16,19H,4-5,15H2,1H3,(H,36,38)(H,34,35,37). The number of hydrogen-bond donors (Lipinski definition) is 2. The highest BCUT2D eigenvalue weighted by Crippen LogP contribution is 2.44. The molecule has 200 valence electrons. The maximum absolute atomic E-state index is 12.8. The van der Waals surface area contributed by atoms with Crippen LogP contribution in [0.15, 0.2) is 72.9 Å². The first-order valence-electron chi connectivity index (χ1n) is 12.3. The average Bonchev–Trinajstić information content (AvgIpc) is 3.75. The quantitative estimate of drug-likeness (QED) is 0.217. The van der Waals surface area contributed by atoms with Crippen LogP contribution in [0.2, 0.25) is 0 Å².